The molecule has 0 spiro atoms. The molecule has 0 heterocycles. The highest BCUT2D eigenvalue weighted by atomic mass is 16.5. The van der Waals surface area contributed by atoms with Crippen LogP contribution in [0.2, 0.25) is 0 Å². The summed E-state index contributed by atoms with van der Waals surface area (Å²) in [6.07, 6.45) is 0. The predicted molar refractivity (Wildman–Crippen MR) is 39.6 cm³/mol. The second-order valence-electron chi connectivity index (χ2n) is 2.82. The van der Waals surface area contributed by atoms with Gasteiger partial charge in [0.15, 0.2) is 0 Å². The van der Waals surface area contributed by atoms with Gasteiger partial charge in [-0.25, -0.2) is 0 Å². The van der Waals surface area contributed by atoms with Gasteiger partial charge in [0.1, 0.15) is 0 Å². The molecule has 2 heteroatoms. The third kappa shape index (κ3) is 5.80. The molecular weight excluding hydrogens is 114 g/mol. The van der Waals surface area contributed by atoms with Crippen LogP contribution in [0.25, 0.3) is 0 Å². The summed E-state index contributed by atoms with van der Waals surface area (Å²) < 4.78 is 4.98. The zero-order valence-electron chi connectivity index (χ0n) is 6.85. The lowest BCUT2D eigenvalue weighted by atomic mass is 10.2. The average Bonchev–Trinajstić information content (AvgIpc) is 1.63. The molecule has 0 amide bonds. The van der Waals surface area contributed by atoms with Gasteiger partial charge in [-0.2, -0.15) is 0 Å². The molecule has 0 saturated heterocycles. The fraction of sp³-hybridized carbons (Fsp3) is 1.00. The molecule has 0 aliphatic rings. The van der Waals surface area contributed by atoms with Gasteiger partial charge in [-0.15, -0.1) is 0 Å². The summed E-state index contributed by atoms with van der Waals surface area (Å²) in [6, 6.07) is 0. The first-order valence-electron chi connectivity index (χ1n) is 3.30. The molecule has 0 bridgehead atoms. The predicted octanol–water partition coefficient (Wildman–Crippen LogP) is 0.831. The molecule has 1 atom stereocenters. The average molecular weight is 131 g/mol. The van der Waals surface area contributed by atoms with E-state index >= 15 is 0 Å². The molecular formula is C7H17NO. The van der Waals surface area contributed by atoms with Crippen LogP contribution in [0.1, 0.15) is 6.92 Å². The molecule has 9 heavy (non-hydrogen) atoms. The van der Waals surface area contributed by atoms with E-state index in [1.807, 2.05) is 0 Å². The van der Waals surface area contributed by atoms with Gasteiger partial charge in [0.25, 0.3) is 0 Å². The lowest BCUT2D eigenvalue weighted by molar-refractivity contribution is 0.143. The first-order chi connectivity index (χ1) is 4.16. The van der Waals surface area contributed by atoms with Crippen molar-refractivity contribution in [1.82, 2.24) is 4.90 Å². The summed E-state index contributed by atoms with van der Waals surface area (Å²) in [5.41, 5.74) is 0. The van der Waals surface area contributed by atoms with Crippen LogP contribution in [0.15, 0.2) is 0 Å². The molecule has 0 rings (SSSR count). The number of ether oxygens (including phenoxy) is 1. The summed E-state index contributed by atoms with van der Waals surface area (Å²) in [5, 5.41) is 0. The number of hydrogen-bond acceptors (Lipinski definition) is 2. The zero-order chi connectivity index (χ0) is 7.28. The molecule has 0 aliphatic carbocycles. The first kappa shape index (κ1) is 8.92. The quantitative estimate of drug-likeness (QED) is 0.560. The number of rotatable bonds is 4. The van der Waals surface area contributed by atoms with Crippen molar-refractivity contribution in [1.29, 1.82) is 0 Å². The molecule has 56 valence electrons. The van der Waals surface area contributed by atoms with Crippen LogP contribution in [-0.2, 0) is 4.74 Å². The van der Waals surface area contributed by atoms with E-state index in [1.165, 1.54) is 0 Å². The lowest BCUT2D eigenvalue weighted by Gasteiger charge is -2.15. The Kier molecular flexibility index (Phi) is 4.72. The van der Waals surface area contributed by atoms with E-state index in [9.17, 15) is 0 Å². The van der Waals surface area contributed by atoms with Crippen LogP contribution in [0.4, 0.5) is 0 Å². The van der Waals surface area contributed by atoms with E-state index in [1.54, 1.807) is 7.11 Å². The van der Waals surface area contributed by atoms with Gasteiger partial charge < -0.3 is 9.64 Å². The monoisotopic (exact) mass is 131 g/mol. The van der Waals surface area contributed by atoms with Crippen LogP contribution < -0.4 is 0 Å². The van der Waals surface area contributed by atoms with Crippen LogP contribution in [-0.4, -0.2) is 39.3 Å². The minimum absolute atomic E-state index is 0.644. The Bertz CT molecular complexity index is 63.9. The smallest absolute Gasteiger partial charge is 0.0500 e. The molecule has 2 nitrogen and oxygen atoms in total. The van der Waals surface area contributed by atoms with Crippen molar-refractivity contribution >= 4 is 0 Å². The molecule has 0 aromatic heterocycles. The Labute approximate surface area is 57.8 Å². The maximum absolute atomic E-state index is 4.98. The Hall–Kier alpha value is -0.0800. The standard InChI is InChI=1S/C7H17NO/c1-7(6-9-4)5-8(2)3/h7H,5-6H2,1-4H3/t7-/m1/s1. The SMILES string of the molecule is COC[C@H](C)CN(C)C. The van der Waals surface area contributed by atoms with Gasteiger partial charge >= 0.3 is 0 Å². The van der Waals surface area contributed by atoms with Crippen molar-refractivity contribution in [2.75, 3.05) is 34.4 Å². The Morgan fingerprint density at radius 2 is 2.00 bits per heavy atom. The number of methoxy groups -OCH3 is 1. The molecule has 0 aromatic carbocycles. The van der Waals surface area contributed by atoms with Crippen molar-refractivity contribution in [2.45, 2.75) is 6.92 Å². The molecule has 0 aromatic rings. The Balaban J connectivity index is 3.15. The fourth-order valence-electron chi connectivity index (χ4n) is 0.961. The minimum Gasteiger partial charge on any atom is -0.384 e. The lowest BCUT2D eigenvalue weighted by Crippen LogP contribution is -2.22. The summed E-state index contributed by atoms with van der Waals surface area (Å²) in [5.74, 6) is 0.644. The number of hydrogen-bond donors (Lipinski definition) is 0. The van der Waals surface area contributed by atoms with Gasteiger partial charge in [0.05, 0.1) is 0 Å². The van der Waals surface area contributed by atoms with Gasteiger partial charge in [-0.1, -0.05) is 6.92 Å². The minimum atomic E-state index is 0.644. The fourth-order valence-corrected chi connectivity index (χ4v) is 0.961. The van der Waals surface area contributed by atoms with Crippen LogP contribution in [0.5, 0.6) is 0 Å². The molecule has 0 radical (unpaired) electrons. The van der Waals surface area contributed by atoms with E-state index in [0.29, 0.717) is 5.92 Å². The highest BCUT2D eigenvalue weighted by molar-refractivity contribution is 4.53. The van der Waals surface area contributed by atoms with Gasteiger partial charge in [-0.05, 0) is 20.0 Å². The highest BCUT2D eigenvalue weighted by Gasteiger charge is 2.00. The third-order valence-corrected chi connectivity index (χ3v) is 1.13. The van der Waals surface area contributed by atoms with Crippen LogP contribution in [0.3, 0.4) is 0 Å². The van der Waals surface area contributed by atoms with Crippen LogP contribution >= 0.6 is 0 Å². The second-order valence-corrected chi connectivity index (χ2v) is 2.82. The van der Waals surface area contributed by atoms with E-state index in [-0.39, 0.29) is 0 Å². The zero-order valence-corrected chi connectivity index (χ0v) is 6.85. The van der Waals surface area contributed by atoms with E-state index in [0.717, 1.165) is 13.2 Å². The van der Waals surface area contributed by atoms with Crippen molar-refractivity contribution in [3.05, 3.63) is 0 Å². The second kappa shape index (κ2) is 4.77. The third-order valence-electron chi connectivity index (χ3n) is 1.13. The number of nitrogens with zero attached hydrogens (tertiary/aromatic N) is 1. The normalized spacial score (nSPS) is 14.3. The van der Waals surface area contributed by atoms with E-state index in [2.05, 4.69) is 25.9 Å². The molecule has 0 unspecified atom stereocenters. The summed E-state index contributed by atoms with van der Waals surface area (Å²) in [4.78, 5) is 2.17. The summed E-state index contributed by atoms with van der Waals surface area (Å²) in [6.45, 7) is 4.15. The topological polar surface area (TPSA) is 12.5 Å². The molecule has 0 saturated carbocycles. The van der Waals surface area contributed by atoms with E-state index in [4.69, 9.17) is 4.74 Å². The van der Waals surface area contributed by atoms with Gasteiger partial charge in [0, 0.05) is 20.3 Å². The van der Waals surface area contributed by atoms with E-state index < -0.39 is 0 Å². The van der Waals surface area contributed by atoms with Crippen molar-refractivity contribution in [2.24, 2.45) is 5.92 Å². The Morgan fingerprint density at radius 3 is 2.33 bits per heavy atom. The first-order valence-corrected chi connectivity index (χ1v) is 3.30. The van der Waals surface area contributed by atoms with Crippen LogP contribution in [0, 0.1) is 5.92 Å². The van der Waals surface area contributed by atoms with Gasteiger partial charge in [0.2, 0.25) is 0 Å². The largest absolute Gasteiger partial charge is 0.384 e. The summed E-state index contributed by atoms with van der Waals surface area (Å²) in [7, 11) is 5.89. The molecule has 0 aliphatic heterocycles. The molecule has 0 N–H and O–H groups in total. The van der Waals surface area contributed by atoms with Crippen molar-refractivity contribution in [3.63, 3.8) is 0 Å². The van der Waals surface area contributed by atoms with Crippen molar-refractivity contribution < 1.29 is 4.74 Å². The highest BCUT2D eigenvalue weighted by Crippen LogP contribution is 1.95. The maximum atomic E-state index is 4.98. The molecule has 0 fully saturated rings. The van der Waals surface area contributed by atoms with Crippen molar-refractivity contribution in [3.8, 4) is 0 Å². The Morgan fingerprint density at radius 1 is 1.44 bits per heavy atom. The summed E-state index contributed by atoms with van der Waals surface area (Å²) >= 11 is 0. The van der Waals surface area contributed by atoms with Gasteiger partial charge in [-0.3, -0.25) is 0 Å². The maximum Gasteiger partial charge on any atom is 0.0500 e.